The summed E-state index contributed by atoms with van der Waals surface area (Å²) in [4.78, 5) is 0.608. The van der Waals surface area contributed by atoms with E-state index in [1.165, 1.54) is 11.5 Å². The van der Waals surface area contributed by atoms with Crippen LogP contribution in [0.4, 0.5) is 0 Å². The van der Waals surface area contributed by atoms with E-state index < -0.39 is 0 Å². The first-order valence-corrected chi connectivity index (χ1v) is 6.02. The number of benzene rings is 1. The predicted molar refractivity (Wildman–Crippen MR) is 66.5 cm³/mol. The summed E-state index contributed by atoms with van der Waals surface area (Å²) in [5.41, 5.74) is 1.80. The van der Waals surface area contributed by atoms with Crippen molar-refractivity contribution in [2.75, 3.05) is 7.11 Å². The normalized spacial score (nSPS) is 9.81. The van der Waals surface area contributed by atoms with Crippen molar-refractivity contribution in [3.05, 3.63) is 33.7 Å². The molecule has 1 aromatic carbocycles. The molecule has 0 bridgehead atoms. The molecule has 16 heavy (non-hydrogen) atoms. The fourth-order valence-corrected chi connectivity index (χ4v) is 2.74. The summed E-state index contributed by atoms with van der Waals surface area (Å²) < 4.78 is 9.90. The molecule has 0 N–H and O–H groups in total. The molecule has 0 unspecified atom stereocenters. The van der Waals surface area contributed by atoms with Gasteiger partial charge in [0.25, 0.3) is 0 Å². The van der Waals surface area contributed by atoms with Gasteiger partial charge >= 0.3 is 0 Å². The minimum absolute atomic E-state index is 0.608. The van der Waals surface area contributed by atoms with Crippen molar-refractivity contribution in [1.82, 2.24) is 4.37 Å². The van der Waals surface area contributed by atoms with Gasteiger partial charge in [-0.05, 0) is 45.2 Å². The van der Waals surface area contributed by atoms with Gasteiger partial charge in [0.1, 0.15) is 21.3 Å². The highest BCUT2D eigenvalue weighted by Gasteiger charge is 2.13. The Balaban J connectivity index is 2.50. The lowest BCUT2D eigenvalue weighted by atomic mass is 10.1. The molecule has 0 atom stereocenters. The van der Waals surface area contributed by atoms with Gasteiger partial charge in [0.15, 0.2) is 0 Å². The van der Waals surface area contributed by atoms with E-state index in [2.05, 4.69) is 26.4 Å². The molecule has 0 aliphatic carbocycles. The second-order valence-corrected chi connectivity index (χ2v) is 4.54. The van der Waals surface area contributed by atoms with E-state index in [4.69, 9.17) is 10.00 Å². The first-order chi connectivity index (χ1) is 7.76. The number of ether oxygens (including phenoxy) is 1. The zero-order chi connectivity index (χ0) is 11.5. The molecule has 1 heterocycles. The first kappa shape index (κ1) is 11.1. The lowest BCUT2D eigenvalue weighted by molar-refractivity contribution is 0.415. The van der Waals surface area contributed by atoms with Gasteiger partial charge in [0.05, 0.1) is 7.11 Å². The number of methoxy groups -OCH3 is 1. The Morgan fingerprint density at radius 3 is 2.62 bits per heavy atom. The zero-order valence-corrected chi connectivity index (χ0v) is 10.8. The molecule has 0 amide bonds. The number of nitriles is 1. The highest BCUT2D eigenvalue weighted by Crippen LogP contribution is 2.34. The van der Waals surface area contributed by atoms with Crippen LogP contribution in [0, 0.1) is 11.3 Å². The monoisotopic (exact) mass is 294 g/mol. The van der Waals surface area contributed by atoms with Crippen LogP contribution in [0.15, 0.2) is 28.9 Å². The number of hydrogen-bond acceptors (Lipinski definition) is 4. The maximum absolute atomic E-state index is 8.97. The van der Waals surface area contributed by atoms with Crippen molar-refractivity contribution in [1.29, 1.82) is 5.26 Å². The summed E-state index contributed by atoms with van der Waals surface area (Å²) in [5, 5.41) is 8.97. The van der Waals surface area contributed by atoms with Crippen LogP contribution in [0.5, 0.6) is 5.75 Å². The van der Waals surface area contributed by atoms with Gasteiger partial charge in [-0.1, -0.05) is 12.1 Å². The average molecular weight is 295 g/mol. The molecule has 0 saturated carbocycles. The van der Waals surface area contributed by atoms with E-state index >= 15 is 0 Å². The van der Waals surface area contributed by atoms with Crippen molar-refractivity contribution >= 4 is 27.5 Å². The molecular weight excluding hydrogens is 288 g/mol. The van der Waals surface area contributed by atoms with E-state index in [0.717, 1.165) is 16.9 Å². The highest BCUT2D eigenvalue weighted by molar-refractivity contribution is 9.10. The molecule has 1 aromatic heterocycles. The van der Waals surface area contributed by atoms with Crippen LogP contribution in [0.1, 0.15) is 4.88 Å². The second kappa shape index (κ2) is 4.64. The summed E-state index contributed by atoms with van der Waals surface area (Å²) >= 11 is 4.54. The van der Waals surface area contributed by atoms with E-state index in [0.29, 0.717) is 9.48 Å². The van der Waals surface area contributed by atoms with Gasteiger partial charge in [-0.25, -0.2) is 0 Å². The van der Waals surface area contributed by atoms with Gasteiger partial charge in [-0.2, -0.15) is 9.64 Å². The van der Waals surface area contributed by atoms with Gasteiger partial charge in [0.2, 0.25) is 0 Å². The zero-order valence-electron chi connectivity index (χ0n) is 8.40. The van der Waals surface area contributed by atoms with E-state index in [-0.39, 0.29) is 0 Å². The molecule has 3 nitrogen and oxygen atoms in total. The fourth-order valence-electron chi connectivity index (χ4n) is 1.35. The predicted octanol–water partition coefficient (Wildman–Crippen LogP) is 3.45. The van der Waals surface area contributed by atoms with Crippen LogP contribution < -0.4 is 4.74 Å². The Bertz CT molecular complexity index is 542. The third-order valence-corrected chi connectivity index (χ3v) is 3.69. The molecule has 2 rings (SSSR count). The summed E-state index contributed by atoms with van der Waals surface area (Å²) in [5.74, 6) is 0.793. The standard InChI is InChI=1S/C11H7BrN2OS/c1-15-8-4-2-7(3-5-8)10-9(6-13)16-14-11(10)12/h2-5H,1H3. The van der Waals surface area contributed by atoms with Crippen molar-refractivity contribution in [2.45, 2.75) is 0 Å². The van der Waals surface area contributed by atoms with Crippen LogP contribution in [-0.4, -0.2) is 11.5 Å². The van der Waals surface area contributed by atoms with Gasteiger partial charge in [0, 0.05) is 5.56 Å². The fraction of sp³-hybridized carbons (Fsp3) is 0.0909. The summed E-state index contributed by atoms with van der Waals surface area (Å²) in [6, 6.07) is 9.68. The molecule has 0 aliphatic rings. The van der Waals surface area contributed by atoms with Crippen LogP contribution in [0.2, 0.25) is 0 Å². The molecule has 5 heteroatoms. The summed E-state index contributed by atoms with van der Waals surface area (Å²) in [7, 11) is 1.62. The Hall–Kier alpha value is -1.38. The number of aromatic nitrogens is 1. The van der Waals surface area contributed by atoms with Gasteiger partial charge < -0.3 is 4.74 Å². The van der Waals surface area contributed by atoms with Gasteiger partial charge in [-0.3, -0.25) is 0 Å². The molecule has 0 aliphatic heterocycles. The number of hydrogen-bond donors (Lipinski definition) is 0. The van der Waals surface area contributed by atoms with Crippen LogP contribution >= 0.6 is 27.5 Å². The van der Waals surface area contributed by atoms with Crippen molar-refractivity contribution in [2.24, 2.45) is 0 Å². The van der Waals surface area contributed by atoms with Crippen LogP contribution in [0.3, 0.4) is 0 Å². The maximum atomic E-state index is 8.97. The second-order valence-electron chi connectivity index (χ2n) is 3.02. The number of halogens is 1. The van der Waals surface area contributed by atoms with Crippen molar-refractivity contribution in [3.63, 3.8) is 0 Å². The van der Waals surface area contributed by atoms with Crippen molar-refractivity contribution < 1.29 is 4.74 Å². The molecular formula is C11H7BrN2OS. The van der Waals surface area contributed by atoms with E-state index in [9.17, 15) is 0 Å². The molecule has 0 fully saturated rings. The van der Waals surface area contributed by atoms with Gasteiger partial charge in [-0.15, -0.1) is 0 Å². The molecule has 0 saturated heterocycles. The smallest absolute Gasteiger partial charge is 0.134 e. The quantitative estimate of drug-likeness (QED) is 0.852. The Morgan fingerprint density at radius 2 is 2.06 bits per heavy atom. The third kappa shape index (κ3) is 1.94. The lowest BCUT2D eigenvalue weighted by Gasteiger charge is -2.02. The first-order valence-electron chi connectivity index (χ1n) is 4.46. The molecule has 0 spiro atoms. The minimum atomic E-state index is 0.608. The number of rotatable bonds is 2. The third-order valence-electron chi connectivity index (χ3n) is 2.13. The van der Waals surface area contributed by atoms with E-state index in [1.54, 1.807) is 7.11 Å². The van der Waals surface area contributed by atoms with Crippen LogP contribution in [-0.2, 0) is 0 Å². The van der Waals surface area contributed by atoms with E-state index in [1.807, 2.05) is 24.3 Å². The number of nitrogens with zero attached hydrogens (tertiary/aromatic N) is 2. The molecule has 0 radical (unpaired) electrons. The average Bonchev–Trinajstić information content (AvgIpc) is 2.70. The Morgan fingerprint density at radius 1 is 1.38 bits per heavy atom. The summed E-state index contributed by atoms with van der Waals surface area (Å²) in [6.07, 6.45) is 0. The lowest BCUT2D eigenvalue weighted by Crippen LogP contribution is -1.83. The molecule has 80 valence electrons. The maximum Gasteiger partial charge on any atom is 0.134 e. The Labute approximate surface area is 106 Å². The Kier molecular flexibility index (Phi) is 3.22. The largest absolute Gasteiger partial charge is 0.497 e. The molecule has 2 aromatic rings. The van der Waals surface area contributed by atoms with Crippen LogP contribution in [0.25, 0.3) is 11.1 Å². The topological polar surface area (TPSA) is 45.9 Å². The SMILES string of the molecule is COc1ccc(-c2c(Br)nsc2C#N)cc1. The highest BCUT2D eigenvalue weighted by atomic mass is 79.9. The summed E-state index contributed by atoms with van der Waals surface area (Å²) in [6.45, 7) is 0. The minimum Gasteiger partial charge on any atom is -0.497 e. The van der Waals surface area contributed by atoms with Crippen molar-refractivity contribution in [3.8, 4) is 22.9 Å².